The molecule has 1 aromatic carbocycles. The van der Waals surface area contributed by atoms with E-state index in [-0.39, 0.29) is 12.6 Å². The lowest BCUT2D eigenvalue weighted by atomic mass is 9.97. The van der Waals surface area contributed by atoms with Crippen LogP contribution in [0.15, 0.2) is 18.2 Å². The predicted molar refractivity (Wildman–Crippen MR) is 91.6 cm³/mol. The molecular weight excluding hydrogens is 290 g/mol. The van der Waals surface area contributed by atoms with Crippen molar-refractivity contribution in [2.75, 3.05) is 25.1 Å². The van der Waals surface area contributed by atoms with Gasteiger partial charge in [0.1, 0.15) is 0 Å². The van der Waals surface area contributed by atoms with Crippen molar-refractivity contribution in [3.05, 3.63) is 29.3 Å². The number of aryl methyl sites for hydroxylation is 1. The normalized spacial score (nSPS) is 19.7. The van der Waals surface area contributed by atoms with Gasteiger partial charge in [-0.3, -0.25) is 0 Å². The summed E-state index contributed by atoms with van der Waals surface area (Å²) in [5, 5.41) is 15.4. The van der Waals surface area contributed by atoms with Crippen LogP contribution in [-0.2, 0) is 13.0 Å². The number of carbonyl (C=O) groups is 1. The number of urea groups is 1. The molecule has 1 heterocycles. The van der Waals surface area contributed by atoms with E-state index in [0.717, 1.165) is 31.4 Å². The van der Waals surface area contributed by atoms with Crippen LogP contribution >= 0.6 is 0 Å². The van der Waals surface area contributed by atoms with E-state index in [1.807, 2.05) is 6.92 Å². The van der Waals surface area contributed by atoms with Crippen LogP contribution in [0.3, 0.4) is 0 Å². The summed E-state index contributed by atoms with van der Waals surface area (Å²) in [6.45, 7) is 3.51. The number of aliphatic hydroxyl groups is 1. The Bertz CT molecular complexity index is 586. The Kier molecular flexibility index (Phi) is 4.48. The maximum atomic E-state index is 12.1. The molecule has 1 aliphatic carbocycles. The standard InChI is InChI=1S/C18H27N3O2/c1-18(12-22,15-6-7-15)20-17(23)19-11-13-5-8-16-14(10-13)4-3-9-21(16)2/h5,8,10,15,22H,3-4,6-7,9,11-12H2,1-2H3,(H2,19,20,23). The summed E-state index contributed by atoms with van der Waals surface area (Å²) in [7, 11) is 2.12. The van der Waals surface area contributed by atoms with Gasteiger partial charge in [-0.25, -0.2) is 4.79 Å². The topological polar surface area (TPSA) is 64.6 Å². The van der Waals surface area contributed by atoms with E-state index in [2.05, 4.69) is 40.8 Å². The lowest BCUT2D eigenvalue weighted by molar-refractivity contribution is 0.155. The van der Waals surface area contributed by atoms with Gasteiger partial charge in [0.05, 0.1) is 12.1 Å². The van der Waals surface area contributed by atoms with Crippen molar-refractivity contribution in [1.82, 2.24) is 10.6 Å². The number of carbonyl (C=O) groups excluding carboxylic acids is 1. The Morgan fingerprint density at radius 3 is 2.91 bits per heavy atom. The van der Waals surface area contributed by atoms with E-state index in [1.54, 1.807) is 0 Å². The van der Waals surface area contributed by atoms with E-state index < -0.39 is 5.54 Å². The first kappa shape index (κ1) is 16.1. The molecule has 1 unspecified atom stereocenters. The first-order valence-corrected chi connectivity index (χ1v) is 8.51. The van der Waals surface area contributed by atoms with Crippen LogP contribution < -0.4 is 15.5 Å². The Hall–Kier alpha value is -1.75. The molecule has 5 heteroatoms. The highest BCUT2D eigenvalue weighted by molar-refractivity contribution is 5.75. The van der Waals surface area contributed by atoms with Crippen molar-refractivity contribution < 1.29 is 9.90 Å². The fourth-order valence-corrected chi connectivity index (χ4v) is 3.43. The number of nitrogens with one attached hydrogen (secondary N) is 2. The number of fused-ring (bicyclic) bond motifs is 1. The van der Waals surface area contributed by atoms with Crippen molar-refractivity contribution in [2.24, 2.45) is 5.92 Å². The summed E-state index contributed by atoms with van der Waals surface area (Å²) >= 11 is 0. The largest absolute Gasteiger partial charge is 0.394 e. The molecule has 0 aromatic heterocycles. The molecule has 1 aliphatic heterocycles. The van der Waals surface area contributed by atoms with Crippen molar-refractivity contribution in [3.8, 4) is 0 Å². The lowest BCUT2D eigenvalue weighted by Crippen LogP contribution is -2.53. The molecule has 2 amide bonds. The summed E-state index contributed by atoms with van der Waals surface area (Å²) in [5.41, 5.74) is 3.27. The van der Waals surface area contributed by atoms with Crippen LogP contribution in [-0.4, -0.2) is 36.9 Å². The van der Waals surface area contributed by atoms with Gasteiger partial charge in [-0.05, 0) is 55.7 Å². The Balaban J connectivity index is 1.57. The van der Waals surface area contributed by atoms with Gasteiger partial charge in [-0.15, -0.1) is 0 Å². The molecule has 1 atom stereocenters. The number of amides is 2. The van der Waals surface area contributed by atoms with Gasteiger partial charge in [0.2, 0.25) is 0 Å². The van der Waals surface area contributed by atoms with E-state index in [1.165, 1.54) is 17.7 Å². The highest BCUT2D eigenvalue weighted by Crippen LogP contribution is 2.39. The molecule has 3 rings (SSSR count). The fraction of sp³-hybridized carbons (Fsp3) is 0.611. The van der Waals surface area contributed by atoms with Crippen LogP contribution in [0.2, 0.25) is 0 Å². The highest BCUT2D eigenvalue weighted by Gasteiger charge is 2.42. The maximum absolute atomic E-state index is 12.1. The van der Waals surface area contributed by atoms with Gasteiger partial charge in [0.25, 0.3) is 0 Å². The first-order chi connectivity index (χ1) is 11.0. The van der Waals surface area contributed by atoms with Crippen molar-refractivity contribution in [1.29, 1.82) is 0 Å². The van der Waals surface area contributed by atoms with E-state index >= 15 is 0 Å². The van der Waals surface area contributed by atoms with Gasteiger partial charge >= 0.3 is 6.03 Å². The Morgan fingerprint density at radius 2 is 2.22 bits per heavy atom. The lowest BCUT2D eigenvalue weighted by Gasteiger charge is -2.29. The molecule has 5 nitrogen and oxygen atoms in total. The fourth-order valence-electron chi connectivity index (χ4n) is 3.43. The molecule has 1 fully saturated rings. The molecule has 3 N–H and O–H groups in total. The van der Waals surface area contributed by atoms with E-state index in [4.69, 9.17) is 0 Å². The monoisotopic (exact) mass is 317 g/mol. The highest BCUT2D eigenvalue weighted by atomic mass is 16.3. The zero-order valence-corrected chi connectivity index (χ0v) is 14.1. The number of hydrogen-bond acceptors (Lipinski definition) is 3. The molecule has 0 bridgehead atoms. The minimum Gasteiger partial charge on any atom is -0.394 e. The molecule has 126 valence electrons. The summed E-state index contributed by atoms with van der Waals surface area (Å²) in [5.74, 6) is 0.400. The summed E-state index contributed by atoms with van der Waals surface area (Å²) in [6, 6.07) is 6.21. The zero-order valence-electron chi connectivity index (χ0n) is 14.1. The van der Waals surface area contributed by atoms with Crippen molar-refractivity contribution in [2.45, 2.75) is 44.7 Å². The number of benzene rings is 1. The van der Waals surface area contributed by atoms with Crippen LogP contribution in [0.5, 0.6) is 0 Å². The zero-order chi connectivity index (χ0) is 16.4. The maximum Gasteiger partial charge on any atom is 0.315 e. The van der Waals surface area contributed by atoms with Gasteiger partial charge in [-0.1, -0.05) is 12.1 Å². The number of nitrogens with zero attached hydrogens (tertiary/aromatic N) is 1. The van der Waals surface area contributed by atoms with E-state index in [9.17, 15) is 9.90 Å². The predicted octanol–water partition coefficient (Wildman–Crippen LogP) is 2.03. The molecule has 0 radical (unpaired) electrons. The minimum absolute atomic E-state index is 0.0176. The second kappa shape index (κ2) is 6.40. The third-order valence-electron chi connectivity index (χ3n) is 5.15. The van der Waals surface area contributed by atoms with Gasteiger partial charge in [-0.2, -0.15) is 0 Å². The third-order valence-corrected chi connectivity index (χ3v) is 5.15. The van der Waals surface area contributed by atoms with Crippen LogP contribution in [0.1, 0.15) is 37.3 Å². The molecule has 2 aliphatic rings. The van der Waals surface area contributed by atoms with E-state index in [0.29, 0.717) is 12.5 Å². The van der Waals surface area contributed by atoms with Crippen molar-refractivity contribution in [3.63, 3.8) is 0 Å². The Labute approximate surface area is 138 Å². The third kappa shape index (κ3) is 3.61. The SMILES string of the molecule is CN1CCCc2cc(CNC(=O)NC(C)(CO)C3CC3)ccc21. The molecule has 23 heavy (non-hydrogen) atoms. The molecule has 1 saturated carbocycles. The van der Waals surface area contributed by atoms with Gasteiger partial charge < -0.3 is 20.6 Å². The molecule has 0 saturated heterocycles. The quantitative estimate of drug-likeness (QED) is 0.778. The summed E-state index contributed by atoms with van der Waals surface area (Å²) < 4.78 is 0. The van der Waals surface area contributed by atoms with Crippen LogP contribution in [0, 0.1) is 5.92 Å². The average molecular weight is 317 g/mol. The van der Waals surface area contributed by atoms with Gasteiger partial charge in [0, 0.05) is 25.8 Å². The number of aliphatic hydroxyl groups excluding tert-OH is 1. The number of rotatable bonds is 5. The van der Waals surface area contributed by atoms with Gasteiger partial charge in [0.15, 0.2) is 0 Å². The second-order valence-corrected chi connectivity index (χ2v) is 7.15. The molecule has 0 spiro atoms. The average Bonchev–Trinajstić information content (AvgIpc) is 3.38. The number of hydrogen-bond donors (Lipinski definition) is 3. The van der Waals surface area contributed by atoms with Crippen LogP contribution in [0.25, 0.3) is 0 Å². The smallest absolute Gasteiger partial charge is 0.315 e. The van der Waals surface area contributed by atoms with Crippen molar-refractivity contribution >= 4 is 11.7 Å². The minimum atomic E-state index is -0.497. The summed E-state index contributed by atoms with van der Waals surface area (Å²) in [4.78, 5) is 14.4. The number of anilines is 1. The molecular formula is C18H27N3O2. The van der Waals surface area contributed by atoms with Crippen LogP contribution in [0.4, 0.5) is 10.5 Å². The summed E-state index contributed by atoms with van der Waals surface area (Å²) in [6.07, 6.45) is 4.44. The second-order valence-electron chi connectivity index (χ2n) is 7.15. The Morgan fingerprint density at radius 1 is 1.43 bits per heavy atom. The first-order valence-electron chi connectivity index (χ1n) is 8.51. The molecule has 1 aromatic rings.